The molecule has 2 heteroatoms. The molecule has 0 bridgehead atoms. The van der Waals surface area contributed by atoms with E-state index in [2.05, 4.69) is 78.6 Å². The van der Waals surface area contributed by atoms with Crippen molar-refractivity contribution in [3.63, 3.8) is 0 Å². The lowest BCUT2D eigenvalue weighted by Crippen LogP contribution is -2.58. The molecule has 0 radical (unpaired) electrons. The van der Waals surface area contributed by atoms with E-state index in [1.54, 1.807) is 0 Å². The van der Waals surface area contributed by atoms with E-state index >= 15 is 0 Å². The Morgan fingerprint density at radius 2 is 1.35 bits per heavy atom. The highest BCUT2D eigenvalue weighted by molar-refractivity contribution is 6.78. The molecule has 0 aliphatic heterocycles. The van der Waals surface area contributed by atoms with Gasteiger partial charge in [0, 0.05) is 11.1 Å². The molecule has 0 saturated heterocycles. The molecule has 0 spiro atoms. The van der Waals surface area contributed by atoms with E-state index in [1.165, 1.54) is 12.2 Å². The van der Waals surface area contributed by atoms with Crippen molar-refractivity contribution >= 4 is 8.07 Å². The zero-order valence-corrected chi connectivity index (χ0v) is 14.5. The second-order valence-electron chi connectivity index (χ2n) is 7.87. The molecule has 0 aromatic rings. The molecule has 0 aromatic carbocycles. The average Bonchev–Trinajstić information content (AvgIpc) is 2.08. The molecule has 0 aliphatic rings. The van der Waals surface area contributed by atoms with Gasteiger partial charge in [-0.3, -0.25) is 4.90 Å². The number of allylic oxidation sites excluding steroid dienone is 2. The highest BCUT2D eigenvalue weighted by Crippen LogP contribution is 2.27. The van der Waals surface area contributed by atoms with Gasteiger partial charge in [-0.05, 0) is 60.7 Å². The highest BCUT2D eigenvalue weighted by atomic mass is 28.3. The van der Waals surface area contributed by atoms with Crippen LogP contribution >= 0.6 is 0 Å². The topological polar surface area (TPSA) is 3.24 Å². The minimum atomic E-state index is -1.17. The van der Waals surface area contributed by atoms with Crippen LogP contribution in [0.4, 0.5) is 0 Å². The van der Waals surface area contributed by atoms with Crippen molar-refractivity contribution in [1.29, 1.82) is 0 Å². The van der Waals surface area contributed by atoms with Crippen LogP contribution < -0.4 is 0 Å². The summed E-state index contributed by atoms with van der Waals surface area (Å²) in [5, 5.41) is 0. The summed E-state index contributed by atoms with van der Waals surface area (Å²) in [6.07, 6.45) is 5.80. The van der Waals surface area contributed by atoms with E-state index in [0.717, 1.165) is 0 Å². The smallest absolute Gasteiger partial charge is 0.0667 e. The maximum Gasteiger partial charge on any atom is 0.0667 e. The SMILES string of the molecule is CC=CC[Si](C)(C)CN(C(C)(C)C)C(C)(C)C. The number of hydrogen-bond acceptors (Lipinski definition) is 1. The van der Waals surface area contributed by atoms with Gasteiger partial charge in [0.2, 0.25) is 0 Å². The van der Waals surface area contributed by atoms with Gasteiger partial charge in [0.15, 0.2) is 0 Å². The lowest BCUT2D eigenvalue weighted by Gasteiger charge is -2.48. The molecule has 17 heavy (non-hydrogen) atoms. The first-order valence-corrected chi connectivity index (χ1v) is 10.2. The van der Waals surface area contributed by atoms with Gasteiger partial charge in [-0.25, -0.2) is 0 Å². The van der Waals surface area contributed by atoms with Crippen LogP contribution in [-0.4, -0.2) is 30.2 Å². The van der Waals surface area contributed by atoms with E-state index in [1.807, 2.05) is 0 Å². The molecule has 0 aliphatic carbocycles. The molecular formula is C15H33NSi. The molecule has 0 atom stereocenters. The van der Waals surface area contributed by atoms with Crippen LogP contribution in [-0.2, 0) is 0 Å². The third-order valence-electron chi connectivity index (χ3n) is 3.11. The summed E-state index contributed by atoms with van der Waals surface area (Å²) in [5.74, 6) is 0. The van der Waals surface area contributed by atoms with Gasteiger partial charge in [-0.2, -0.15) is 0 Å². The van der Waals surface area contributed by atoms with Crippen molar-refractivity contribution < 1.29 is 0 Å². The Morgan fingerprint density at radius 3 is 1.65 bits per heavy atom. The van der Waals surface area contributed by atoms with Crippen molar-refractivity contribution in [3.8, 4) is 0 Å². The van der Waals surface area contributed by atoms with Gasteiger partial charge < -0.3 is 0 Å². The summed E-state index contributed by atoms with van der Waals surface area (Å²) in [4.78, 5) is 2.68. The second-order valence-corrected chi connectivity index (χ2v) is 12.9. The molecule has 0 heterocycles. The molecule has 0 unspecified atom stereocenters. The van der Waals surface area contributed by atoms with Gasteiger partial charge >= 0.3 is 0 Å². The molecule has 0 N–H and O–H groups in total. The molecule has 0 amide bonds. The van der Waals surface area contributed by atoms with E-state index in [4.69, 9.17) is 0 Å². The van der Waals surface area contributed by atoms with Crippen molar-refractivity contribution in [2.45, 2.75) is 78.7 Å². The van der Waals surface area contributed by atoms with Gasteiger partial charge in [-0.1, -0.05) is 25.2 Å². The Bertz CT molecular complexity index is 239. The van der Waals surface area contributed by atoms with Crippen LogP contribution in [0, 0.1) is 0 Å². The fourth-order valence-corrected chi connectivity index (χ4v) is 5.22. The third kappa shape index (κ3) is 6.42. The zero-order chi connectivity index (χ0) is 13.9. The maximum atomic E-state index is 2.68. The molecule has 0 aromatic heterocycles. The summed E-state index contributed by atoms with van der Waals surface area (Å²) >= 11 is 0. The lowest BCUT2D eigenvalue weighted by molar-refractivity contribution is 0.0571. The van der Waals surface area contributed by atoms with Gasteiger partial charge in [0.05, 0.1) is 8.07 Å². The van der Waals surface area contributed by atoms with Crippen LogP contribution in [0.25, 0.3) is 0 Å². The first-order chi connectivity index (χ1) is 7.40. The Morgan fingerprint density at radius 1 is 0.941 bits per heavy atom. The monoisotopic (exact) mass is 255 g/mol. The summed E-state index contributed by atoms with van der Waals surface area (Å²) in [5.41, 5.74) is 0.497. The standard InChI is InChI=1S/C15H33NSi/c1-10-11-12-17(8,9)13-16(14(2,3)4)15(5,6)7/h10-11H,12-13H2,1-9H3. The molecule has 0 saturated carbocycles. The van der Waals surface area contributed by atoms with Gasteiger partial charge in [0.25, 0.3) is 0 Å². The Labute approximate surface area is 110 Å². The maximum absolute atomic E-state index is 2.68. The third-order valence-corrected chi connectivity index (χ3v) is 5.62. The predicted molar refractivity (Wildman–Crippen MR) is 83.3 cm³/mol. The van der Waals surface area contributed by atoms with Gasteiger partial charge in [-0.15, -0.1) is 0 Å². The van der Waals surface area contributed by atoms with Crippen LogP contribution in [0.5, 0.6) is 0 Å². The minimum absolute atomic E-state index is 0.248. The summed E-state index contributed by atoms with van der Waals surface area (Å²) in [7, 11) is -1.17. The normalized spacial score (nSPS) is 14.9. The number of nitrogens with zero attached hydrogens (tertiary/aromatic N) is 1. The Hall–Kier alpha value is -0.0831. The summed E-state index contributed by atoms with van der Waals surface area (Å²) < 4.78 is 0. The molecule has 0 fully saturated rings. The van der Waals surface area contributed by atoms with Crippen LogP contribution in [0.15, 0.2) is 12.2 Å². The molecule has 0 rings (SSSR count). The van der Waals surface area contributed by atoms with Crippen molar-refractivity contribution in [2.75, 3.05) is 6.17 Å². The predicted octanol–water partition coefficient (Wildman–Crippen LogP) is 4.71. The lowest BCUT2D eigenvalue weighted by atomic mass is 9.97. The Kier molecular flexibility index (Phi) is 5.68. The number of hydrogen-bond donors (Lipinski definition) is 0. The molecular weight excluding hydrogens is 222 g/mol. The van der Waals surface area contributed by atoms with Crippen molar-refractivity contribution in [3.05, 3.63) is 12.2 Å². The minimum Gasteiger partial charge on any atom is -0.296 e. The quantitative estimate of drug-likeness (QED) is 0.519. The van der Waals surface area contributed by atoms with Crippen molar-refractivity contribution in [1.82, 2.24) is 4.90 Å². The van der Waals surface area contributed by atoms with Crippen LogP contribution in [0.2, 0.25) is 19.1 Å². The van der Waals surface area contributed by atoms with E-state index in [9.17, 15) is 0 Å². The first-order valence-electron chi connectivity index (χ1n) is 6.79. The summed E-state index contributed by atoms with van der Waals surface area (Å²) in [6, 6.07) is 1.28. The fraction of sp³-hybridized carbons (Fsp3) is 0.867. The zero-order valence-electron chi connectivity index (χ0n) is 13.5. The largest absolute Gasteiger partial charge is 0.296 e. The average molecular weight is 256 g/mol. The summed E-state index contributed by atoms with van der Waals surface area (Å²) in [6.45, 7) is 21.1. The Balaban J connectivity index is 4.89. The molecule has 1 nitrogen and oxygen atoms in total. The molecule has 102 valence electrons. The van der Waals surface area contributed by atoms with E-state index in [-0.39, 0.29) is 11.1 Å². The second kappa shape index (κ2) is 5.70. The van der Waals surface area contributed by atoms with Crippen molar-refractivity contribution in [2.24, 2.45) is 0 Å². The first kappa shape index (κ1) is 16.9. The highest BCUT2D eigenvalue weighted by Gasteiger charge is 2.35. The van der Waals surface area contributed by atoms with Gasteiger partial charge in [0.1, 0.15) is 0 Å². The number of rotatable bonds is 4. The van der Waals surface area contributed by atoms with Crippen LogP contribution in [0.3, 0.4) is 0 Å². The van der Waals surface area contributed by atoms with E-state index in [0.29, 0.717) is 0 Å². The van der Waals surface area contributed by atoms with E-state index < -0.39 is 8.07 Å². The fourth-order valence-electron chi connectivity index (χ4n) is 2.41. The van der Waals surface area contributed by atoms with Crippen LogP contribution in [0.1, 0.15) is 48.5 Å².